The highest BCUT2D eigenvalue weighted by Crippen LogP contribution is 2.33. The van der Waals surface area contributed by atoms with Crippen molar-refractivity contribution in [2.24, 2.45) is 0 Å². The van der Waals surface area contributed by atoms with E-state index in [0.717, 1.165) is 23.1 Å². The number of phenols is 1. The van der Waals surface area contributed by atoms with Crippen molar-refractivity contribution >= 4 is 0 Å². The molecule has 0 fully saturated rings. The second-order valence-electron chi connectivity index (χ2n) is 7.25. The van der Waals surface area contributed by atoms with Crippen molar-refractivity contribution in [3.8, 4) is 16.9 Å². The summed E-state index contributed by atoms with van der Waals surface area (Å²) in [5.74, 6) is 0.419. The predicted molar refractivity (Wildman–Crippen MR) is 109 cm³/mol. The number of hydrogen-bond donors (Lipinski definition) is 1. The fourth-order valence-corrected chi connectivity index (χ4v) is 3.48. The Morgan fingerprint density at radius 1 is 0.760 bits per heavy atom. The van der Waals surface area contributed by atoms with Crippen LogP contribution in [0.1, 0.15) is 75.8 Å². The first-order chi connectivity index (χ1) is 12.2. The van der Waals surface area contributed by atoms with Gasteiger partial charge in [-0.1, -0.05) is 94.7 Å². The Morgan fingerprint density at radius 3 is 2.00 bits per heavy atom. The van der Waals surface area contributed by atoms with Crippen LogP contribution in [0.3, 0.4) is 0 Å². The third kappa shape index (κ3) is 6.57. The van der Waals surface area contributed by atoms with Crippen LogP contribution in [-0.4, -0.2) is 5.11 Å². The van der Waals surface area contributed by atoms with Crippen LogP contribution in [0.15, 0.2) is 42.5 Å². The molecule has 0 atom stereocenters. The van der Waals surface area contributed by atoms with Crippen molar-refractivity contribution in [1.29, 1.82) is 0 Å². The summed E-state index contributed by atoms with van der Waals surface area (Å²) in [5, 5.41) is 10.4. The molecular weight excluding hydrogens is 304 g/mol. The lowest BCUT2D eigenvalue weighted by molar-refractivity contribution is 0.473. The fraction of sp³-hybridized carbons (Fsp3) is 0.500. The number of rotatable bonds is 11. The molecule has 1 N–H and O–H groups in total. The van der Waals surface area contributed by atoms with E-state index in [4.69, 9.17) is 0 Å². The summed E-state index contributed by atoms with van der Waals surface area (Å²) in [6.45, 7) is 4.27. The first-order valence-corrected chi connectivity index (χ1v) is 10.1. The number of unbranched alkanes of at least 4 members (excludes halogenated alkanes) is 8. The minimum Gasteiger partial charge on any atom is -0.507 e. The van der Waals surface area contributed by atoms with Gasteiger partial charge in [0, 0.05) is 5.56 Å². The molecule has 25 heavy (non-hydrogen) atoms. The summed E-state index contributed by atoms with van der Waals surface area (Å²) in [6.07, 6.45) is 13.3. The van der Waals surface area contributed by atoms with E-state index in [1.54, 1.807) is 0 Å². The Morgan fingerprint density at radius 2 is 1.36 bits per heavy atom. The number of aromatic hydroxyl groups is 1. The average molecular weight is 339 g/mol. The molecule has 0 saturated carbocycles. The molecule has 136 valence electrons. The van der Waals surface area contributed by atoms with Gasteiger partial charge in [0.25, 0.3) is 0 Å². The molecule has 0 aliphatic carbocycles. The quantitative estimate of drug-likeness (QED) is 0.422. The lowest BCUT2D eigenvalue weighted by Gasteiger charge is -2.11. The zero-order chi connectivity index (χ0) is 17.9. The van der Waals surface area contributed by atoms with Gasteiger partial charge in [-0.15, -0.1) is 0 Å². The molecule has 2 aromatic rings. The van der Waals surface area contributed by atoms with E-state index in [-0.39, 0.29) is 0 Å². The zero-order valence-corrected chi connectivity index (χ0v) is 16.1. The number of aryl methyl sites for hydroxylation is 2. The van der Waals surface area contributed by atoms with Crippen LogP contribution in [0.2, 0.25) is 0 Å². The maximum Gasteiger partial charge on any atom is 0.126 e. The largest absolute Gasteiger partial charge is 0.507 e. The van der Waals surface area contributed by atoms with E-state index >= 15 is 0 Å². The molecule has 0 bridgehead atoms. The van der Waals surface area contributed by atoms with Crippen LogP contribution >= 0.6 is 0 Å². The van der Waals surface area contributed by atoms with Crippen molar-refractivity contribution in [2.45, 2.75) is 78.1 Å². The first-order valence-electron chi connectivity index (χ1n) is 10.1. The van der Waals surface area contributed by atoms with Crippen LogP contribution in [0.4, 0.5) is 0 Å². The molecule has 0 amide bonds. The number of hydrogen-bond acceptors (Lipinski definition) is 1. The normalized spacial score (nSPS) is 11.0. The molecule has 1 heteroatoms. The van der Waals surface area contributed by atoms with Gasteiger partial charge in [-0.25, -0.2) is 0 Å². The Kier molecular flexibility index (Phi) is 8.59. The van der Waals surface area contributed by atoms with Crippen LogP contribution in [0.25, 0.3) is 11.1 Å². The second kappa shape index (κ2) is 11.0. The summed E-state index contributed by atoms with van der Waals surface area (Å²) in [7, 11) is 0. The molecule has 0 saturated heterocycles. The van der Waals surface area contributed by atoms with Crippen molar-refractivity contribution in [2.75, 3.05) is 0 Å². The van der Waals surface area contributed by atoms with Gasteiger partial charge in [-0.05, 0) is 42.5 Å². The molecule has 0 heterocycles. The summed E-state index contributed by atoms with van der Waals surface area (Å²) in [5.41, 5.74) is 4.38. The van der Waals surface area contributed by atoms with E-state index in [0.29, 0.717) is 5.75 Å². The van der Waals surface area contributed by atoms with Crippen LogP contribution in [0, 0.1) is 6.92 Å². The number of benzene rings is 2. The molecule has 0 aliphatic rings. The van der Waals surface area contributed by atoms with Gasteiger partial charge >= 0.3 is 0 Å². The van der Waals surface area contributed by atoms with Gasteiger partial charge in [0.15, 0.2) is 0 Å². The topological polar surface area (TPSA) is 20.2 Å². The summed E-state index contributed by atoms with van der Waals surface area (Å²) >= 11 is 0. The fourth-order valence-electron chi connectivity index (χ4n) is 3.48. The Balaban J connectivity index is 1.80. The van der Waals surface area contributed by atoms with E-state index in [2.05, 4.69) is 31.2 Å². The van der Waals surface area contributed by atoms with E-state index in [1.807, 2.05) is 25.1 Å². The second-order valence-corrected chi connectivity index (χ2v) is 7.25. The zero-order valence-electron chi connectivity index (χ0n) is 16.1. The van der Waals surface area contributed by atoms with Gasteiger partial charge in [0.1, 0.15) is 5.75 Å². The standard InChI is InChI=1S/C24H34O/c1-3-4-5-6-7-8-9-10-12-15-21-18-20(2)24(25)23(19-21)22-16-13-11-14-17-22/h11,13-14,16-19,25H,3-10,12,15H2,1-2H3. The third-order valence-electron chi connectivity index (χ3n) is 5.01. The van der Waals surface area contributed by atoms with Gasteiger partial charge in [0.2, 0.25) is 0 Å². The first kappa shape index (κ1) is 19.6. The molecule has 1 nitrogen and oxygen atoms in total. The van der Waals surface area contributed by atoms with Gasteiger partial charge in [-0.3, -0.25) is 0 Å². The van der Waals surface area contributed by atoms with Crippen molar-refractivity contribution in [3.05, 3.63) is 53.6 Å². The molecule has 0 unspecified atom stereocenters. The van der Waals surface area contributed by atoms with Gasteiger partial charge in [0.05, 0.1) is 0 Å². The molecule has 0 radical (unpaired) electrons. The predicted octanol–water partition coefficient (Wildman–Crippen LogP) is 7.44. The molecule has 0 spiro atoms. The maximum atomic E-state index is 10.4. The minimum absolute atomic E-state index is 0.419. The lowest BCUT2D eigenvalue weighted by Crippen LogP contribution is -1.91. The highest BCUT2D eigenvalue weighted by atomic mass is 16.3. The average Bonchev–Trinajstić information content (AvgIpc) is 2.63. The van der Waals surface area contributed by atoms with E-state index in [9.17, 15) is 5.11 Å². The number of phenolic OH excluding ortho intramolecular Hbond substituents is 1. The summed E-state index contributed by atoms with van der Waals surface area (Å²) < 4.78 is 0. The van der Waals surface area contributed by atoms with E-state index in [1.165, 1.54) is 63.4 Å². The molecule has 2 aromatic carbocycles. The Labute approximate surface area is 154 Å². The van der Waals surface area contributed by atoms with Gasteiger partial charge in [-0.2, -0.15) is 0 Å². The maximum absolute atomic E-state index is 10.4. The summed E-state index contributed by atoms with van der Waals surface area (Å²) in [4.78, 5) is 0. The van der Waals surface area contributed by atoms with Gasteiger partial charge < -0.3 is 5.11 Å². The van der Waals surface area contributed by atoms with Crippen LogP contribution < -0.4 is 0 Å². The van der Waals surface area contributed by atoms with Crippen LogP contribution in [0.5, 0.6) is 5.75 Å². The molecule has 0 aromatic heterocycles. The van der Waals surface area contributed by atoms with E-state index < -0.39 is 0 Å². The molecule has 0 aliphatic heterocycles. The Bertz CT molecular complexity index is 615. The highest BCUT2D eigenvalue weighted by Gasteiger charge is 2.09. The van der Waals surface area contributed by atoms with Crippen LogP contribution in [-0.2, 0) is 6.42 Å². The van der Waals surface area contributed by atoms with Crippen molar-refractivity contribution < 1.29 is 5.11 Å². The van der Waals surface area contributed by atoms with Crippen molar-refractivity contribution in [1.82, 2.24) is 0 Å². The summed E-state index contributed by atoms with van der Waals surface area (Å²) in [6, 6.07) is 14.5. The minimum atomic E-state index is 0.419. The Hall–Kier alpha value is -1.76. The molecule has 2 rings (SSSR count). The highest BCUT2D eigenvalue weighted by molar-refractivity contribution is 5.72. The lowest BCUT2D eigenvalue weighted by atomic mass is 9.96. The van der Waals surface area contributed by atoms with Crippen molar-refractivity contribution in [3.63, 3.8) is 0 Å². The third-order valence-corrected chi connectivity index (χ3v) is 5.01. The molecular formula is C24H34O. The smallest absolute Gasteiger partial charge is 0.126 e. The SMILES string of the molecule is CCCCCCCCCCCc1cc(C)c(O)c(-c2ccccc2)c1. The monoisotopic (exact) mass is 338 g/mol.